The van der Waals surface area contributed by atoms with Crippen molar-refractivity contribution < 1.29 is 27.7 Å². The third kappa shape index (κ3) is 6.06. The van der Waals surface area contributed by atoms with Gasteiger partial charge in [-0.1, -0.05) is 36.6 Å². The Morgan fingerprint density at radius 2 is 1.76 bits per heavy atom. The van der Waals surface area contributed by atoms with Crippen LogP contribution in [0.1, 0.15) is 36.0 Å². The Bertz CT molecular complexity index is 1160. The molecule has 0 spiro atoms. The minimum absolute atomic E-state index is 0.0130. The number of nitro groups is 1. The number of halogens is 1. The summed E-state index contributed by atoms with van der Waals surface area (Å²) in [5.41, 5.74) is -0.699. The van der Waals surface area contributed by atoms with Crippen LogP contribution in [0.3, 0.4) is 0 Å². The number of ether oxygens (including phenoxy) is 1. The van der Waals surface area contributed by atoms with Crippen LogP contribution in [0.25, 0.3) is 0 Å². The molecule has 2 aromatic rings. The molecule has 0 aromatic heterocycles. The van der Waals surface area contributed by atoms with Crippen molar-refractivity contribution in [3.05, 3.63) is 63.2 Å². The molecule has 176 valence electrons. The lowest BCUT2D eigenvalue weighted by atomic mass is 10.2. The highest BCUT2D eigenvalue weighted by molar-refractivity contribution is 7.89. The minimum Gasteiger partial charge on any atom is -0.452 e. The first-order valence-corrected chi connectivity index (χ1v) is 12.0. The lowest BCUT2D eigenvalue weighted by Crippen LogP contribution is -2.32. The summed E-state index contributed by atoms with van der Waals surface area (Å²) < 4.78 is 32.3. The lowest BCUT2D eigenvalue weighted by molar-refractivity contribution is -0.385. The molecule has 0 unspecified atom stereocenters. The van der Waals surface area contributed by atoms with Crippen LogP contribution in [0, 0.1) is 10.1 Å². The van der Waals surface area contributed by atoms with Crippen molar-refractivity contribution in [1.82, 2.24) is 4.31 Å². The van der Waals surface area contributed by atoms with E-state index in [1.54, 1.807) is 0 Å². The molecule has 33 heavy (non-hydrogen) atoms. The Kier molecular flexibility index (Phi) is 8.01. The molecule has 1 amide bonds. The van der Waals surface area contributed by atoms with Crippen molar-refractivity contribution in [2.24, 2.45) is 0 Å². The van der Waals surface area contributed by atoms with Crippen LogP contribution < -0.4 is 5.32 Å². The normalized spacial score (nSPS) is 14.8. The van der Waals surface area contributed by atoms with Gasteiger partial charge in [0.05, 0.1) is 20.5 Å². The number of nitrogens with one attached hydrogen (secondary N) is 1. The molecule has 10 nitrogen and oxygen atoms in total. The molecule has 2 aromatic carbocycles. The fourth-order valence-electron chi connectivity index (χ4n) is 3.39. The Balaban J connectivity index is 1.69. The van der Waals surface area contributed by atoms with E-state index in [0.29, 0.717) is 13.1 Å². The van der Waals surface area contributed by atoms with Crippen molar-refractivity contribution in [3.8, 4) is 0 Å². The number of amides is 1. The van der Waals surface area contributed by atoms with Gasteiger partial charge in [-0.3, -0.25) is 14.9 Å². The number of sulfonamides is 1. The summed E-state index contributed by atoms with van der Waals surface area (Å²) in [7, 11) is -3.76. The Labute approximate surface area is 195 Å². The number of rotatable bonds is 7. The zero-order valence-electron chi connectivity index (χ0n) is 17.5. The van der Waals surface area contributed by atoms with Crippen LogP contribution in [0.5, 0.6) is 0 Å². The highest BCUT2D eigenvalue weighted by Crippen LogP contribution is 2.28. The smallest absolute Gasteiger partial charge is 0.345 e. The standard InChI is InChI=1S/C21H22ClN3O7S/c22-17-10-9-15(33(30,31)24-11-5-1-2-6-12-24)13-18(17)23-20(26)14-32-21(27)16-7-3-4-8-19(16)25(28)29/h3-4,7-10,13H,1-2,5-6,11-12,14H2,(H,23,26). The van der Waals surface area contributed by atoms with Gasteiger partial charge in [-0.2, -0.15) is 4.31 Å². The van der Waals surface area contributed by atoms with Crippen LogP contribution in [0.2, 0.25) is 5.02 Å². The largest absolute Gasteiger partial charge is 0.452 e. The molecule has 0 aliphatic carbocycles. The monoisotopic (exact) mass is 495 g/mol. The molecule has 12 heteroatoms. The molecule has 1 N–H and O–H groups in total. The van der Waals surface area contributed by atoms with E-state index in [-0.39, 0.29) is 21.2 Å². The molecule has 1 saturated heterocycles. The number of hydrogen-bond donors (Lipinski definition) is 1. The van der Waals surface area contributed by atoms with E-state index in [1.165, 1.54) is 40.7 Å². The van der Waals surface area contributed by atoms with E-state index < -0.39 is 39.1 Å². The molecular formula is C21H22ClN3O7S. The van der Waals surface area contributed by atoms with Crippen LogP contribution in [-0.2, 0) is 19.6 Å². The predicted octanol–water partition coefficient (Wildman–Crippen LogP) is 3.61. The van der Waals surface area contributed by atoms with Gasteiger partial charge in [0.1, 0.15) is 5.56 Å². The van der Waals surface area contributed by atoms with Crippen LogP contribution in [0.4, 0.5) is 11.4 Å². The number of hydrogen-bond acceptors (Lipinski definition) is 7. The SMILES string of the molecule is O=C(COC(=O)c1ccccc1[N+](=O)[O-])Nc1cc(S(=O)(=O)N2CCCCCC2)ccc1Cl. The lowest BCUT2D eigenvalue weighted by Gasteiger charge is -2.20. The van der Waals surface area contributed by atoms with Gasteiger partial charge in [0.15, 0.2) is 6.61 Å². The second-order valence-electron chi connectivity index (χ2n) is 7.36. The number of nitrogens with zero attached hydrogens (tertiary/aromatic N) is 2. The zero-order valence-corrected chi connectivity index (χ0v) is 19.1. The number of anilines is 1. The Hall–Kier alpha value is -3.02. The van der Waals surface area contributed by atoms with Crippen LogP contribution in [0.15, 0.2) is 47.4 Å². The third-order valence-electron chi connectivity index (χ3n) is 5.07. The molecule has 1 aliphatic rings. The van der Waals surface area contributed by atoms with E-state index >= 15 is 0 Å². The molecule has 1 fully saturated rings. The van der Waals surface area contributed by atoms with Gasteiger partial charge in [0, 0.05) is 19.2 Å². The average molecular weight is 496 g/mol. The fourth-order valence-corrected chi connectivity index (χ4v) is 5.10. The fraction of sp³-hybridized carbons (Fsp3) is 0.333. The summed E-state index contributed by atoms with van der Waals surface area (Å²) in [5, 5.41) is 13.6. The van der Waals surface area contributed by atoms with Gasteiger partial charge < -0.3 is 10.1 Å². The maximum atomic E-state index is 13.0. The minimum atomic E-state index is -3.76. The maximum absolute atomic E-state index is 13.0. The van der Waals surface area contributed by atoms with Crippen molar-refractivity contribution >= 4 is 44.9 Å². The highest BCUT2D eigenvalue weighted by Gasteiger charge is 2.26. The Morgan fingerprint density at radius 1 is 1.09 bits per heavy atom. The third-order valence-corrected chi connectivity index (χ3v) is 7.29. The second kappa shape index (κ2) is 10.7. The van der Waals surface area contributed by atoms with Crippen LogP contribution in [-0.4, -0.2) is 49.2 Å². The summed E-state index contributed by atoms with van der Waals surface area (Å²) in [6.45, 7) is 0.104. The molecule has 1 heterocycles. The number of benzene rings is 2. The van der Waals surface area contributed by atoms with E-state index in [9.17, 15) is 28.1 Å². The van der Waals surface area contributed by atoms with E-state index in [2.05, 4.69) is 5.32 Å². The van der Waals surface area contributed by atoms with Crippen LogP contribution >= 0.6 is 11.6 Å². The second-order valence-corrected chi connectivity index (χ2v) is 9.70. The van der Waals surface area contributed by atoms with Gasteiger partial charge in [-0.25, -0.2) is 13.2 Å². The average Bonchev–Trinajstić information content (AvgIpc) is 3.09. The molecule has 3 rings (SSSR count). The number of para-hydroxylation sites is 1. The number of nitro benzene ring substituents is 1. The van der Waals surface area contributed by atoms with Gasteiger partial charge in [-0.05, 0) is 37.1 Å². The van der Waals surface area contributed by atoms with E-state index in [4.69, 9.17) is 16.3 Å². The summed E-state index contributed by atoms with van der Waals surface area (Å²) >= 11 is 6.11. The number of carbonyl (C=O) groups excluding carboxylic acids is 2. The number of esters is 1. The first kappa shape index (κ1) is 24.6. The summed E-state index contributed by atoms with van der Waals surface area (Å²) in [6, 6.07) is 9.17. The first-order valence-electron chi connectivity index (χ1n) is 10.2. The van der Waals surface area contributed by atoms with E-state index in [0.717, 1.165) is 31.7 Å². The van der Waals surface area contributed by atoms with E-state index in [1.807, 2.05) is 0 Å². The molecule has 0 saturated carbocycles. The molecular weight excluding hydrogens is 474 g/mol. The number of carbonyl (C=O) groups is 2. The molecule has 0 radical (unpaired) electrons. The maximum Gasteiger partial charge on any atom is 0.345 e. The quantitative estimate of drug-likeness (QED) is 0.352. The first-order chi connectivity index (χ1) is 15.7. The molecule has 0 bridgehead atoms. The molecule has 0 atom stereocenters. The van der Waals surface area contributed by atoms with Gasteiger partial charge >= 0.3 is 5.97 Å². The van der Waals surface area contributed by atoms with Gasteiger partial charge in [0.25, 0.3) is 11.6 Å². The predicted molar refractivity (Wildman–Crippen MR) is 121 cm³/mol. The summed E-state index contributed by atoms with van der Waals surface area (Å²) in [5.74, 6) is -1.82. The summed E-state index contributed by atoms with van der Waals surface area (Å²) in [4.78, 5) is 34.7. The highest BCUT2D eigenvalue weighted by atomic mass is 35.5. The Morgan fingerprint density at radius 3 is 2.42 bits per heavy atom. The van der Waals surface area contributed by atoms with Crippen molar-refractivity contribution in [3.63, 3.8) is 0 Å². The molecule has 1 aliphatic heterocycles. The van der Waals surface area contributed by atoms with Crippen molar-refractivity contribution in [2.45, 2.75) is 30.6 Å². The zero-order chi connectivity index (χ0) is 24.0. The summed E-state index contributed by atoms with van der Waals surface area (Å²) in [6.07, 6.45) is 3.50. The van der Waals surface area contributed by atoms with Gasteiger partial charge in [-0.15, -0.1) is 0 Å². The topological polar surface area (TPSA) is 136 Å². The van der Waals surface area contributed by atoms with Crippen molar-refractivity contribution in [1.29, 1.82) is 0 Å². The van der Waals surface area contributed by atoms with Gasteiger partial charge in [0.2, 0.25) is 10.0 Å². The van der Waals surface area contributed by atoms with Crippen molar-refractivity contribution in [2.75, 3.05) is 25.0 Å².